The number of carbonyl (C=O) groups excluding carboxylic acids is 1. The van der Waals surface area contributed by atoms with E-state index >= 15 is 0 Å². The summed E-state index contributed by atoms with van der Waals surface area (Å²) < 4.78 is 6.52. The number of unbranched alkanes of at least 4 members (excludes halogenated alkanes) is 3. The maximum atomic E-state index is 12.9. The molecule has 3 rings (SSSR count). The van der Waals surface area contributed by atoms with Crippen LogP contribution in [0.15, 0.2) is 23.8 Å². The molecule has 3 atom stereocenters. The molecule has 4 heteroatoms. The fourth-order valence-electron chi connectivity index (χ4n) is 5.66. The minimum atomic E-state index is -0.378. The summed E-state index contributed by atoms with van der Waals surface area (Å²) in [6, 6.07) is 4.07. The highest BCUT2D eigenvalue weighted by Gasteiger charge is 2.47. The Morgan fingerprint density at radius 2 is 1.97 bits per heavy atom. The van der Waals surface area contributed by atoms with Crippen molar-refractivity contribution >= 4 is 5.78 Å². The van der Waals surface area contributed by atoms with E-state index in [0.29, 0.717) is 18.6 Å². The van der Waals surface area contributed by atoms with Crippen molar-refractivity contribution in [2.45, 2.75) is 110 Å². The summed E-state index contributed by atoms with van der Waals surface area (Å²) in [6.45, 7) is 12.9. The van der Waals surface area contributed by atoms with Crippen LogP contribution in [-0.4, -0.2) is 28.2 Å². The molecule has 1 aliphatic heterocycles. The number of benzene rings is 1. The molecule has 0 saturated heterocycles. The first-order chi connectivity index (χ1) is 15.5. The van der Waals surface area contributed by atoms with E-state index in [1.807, 2.05) is 13.0 Å². The second-order valence-corrected chi connectivity index (χ2v) is 11.6. The largest absolute Gasteiger partial charge is 0.508 e. The number of rotatable bonds is 10. The Labute approximate surface area is 200 Å². The van der Waals surface area contributed by atoms with Gasteiger partial charge in [0.15, 0.2) is 5.78 Å². The molecule has 0 unspecified atom stereocenters. The van der Waals surface area contributed by atoms with E-state index in [0.717, 1.165) is 35.3 Å². The highest BCUT2D eigenvalue weighted by molar-refractivity contribution is 5.95. The minimum Gasteiger partial charge on any atom is -0.508 e. The first-order valence-corrected chi connectivity index (χ1v) is 12.9. The van der Waals surface area contributed by atoms with Crippen molar-refractivity contribution in [1.29, 1.82) is 0 Å². The van der Waals surface area contributed by atoms with Gasteiger partial charge in [0.1, 0.15) is 17.1 Å². The number of ether oxygens (including phenoxy) is 1. The Morgan fingerprint density at radius 1 is 1.24 bits per heavy atom. The monoisotopic (exact) mass is 456 g/mol. The smallest absolute Gasteiger partial charge is 0.158 e. The molecule has 0 spiro atoms. The molecule has 1 aromatic carbocycles. The lowest BCUT2D eigenvalue weighted by molar-refractivity contribution is -0.117. The van der Waals surface area contributed by atoms with Crippen molar-refractivity contribution in [2.24, 2.45) is 11.8 Å². The van der Waals surface area contributed by atoms with Crippen molar-refractivity contribution in [3.63, 3.8) is 0 Å². The van der Waals surface area contributed by atoms with Crippen LogP contribution >= 0.6 is 0 Å². The summed E-state index contributed by atoms with van der Waals surface area (Å²) in [4.78, 5) is 12.9. The SMILES string of the molecule is CCCCCCC(C)(C)c1cc(O)c2c(c1)OC(C)(C)[C@@H]1CC=C(C(=O)C[C@@H](C)CO)C[C@@H]21. The van der Waals surface area contributed by atoms with Crippen LogP contribution in [0.1, 0.15) is 110 Å². The second-order valence-electron chi connectivity index (χ2n) is 11.6. The Morgan fingerprint density at radius 3 is 2.64 bits per heavy atom. The van der Waals surface area contributed by atoms with Gasteiger partial charge in [-0.05, 0) is 67.7 Å². The molecule has 1 aromatic rings. The number of aliphatic hydroxyl groups excluding tert-OH is 1. The van der Waals surface area contributed by atoms with Gasteiger partial charge in [-0.25, -0.2) is 0 Å². The lowest BCUT2D eigenvalue weighted by atomic mass is 9.66. The van der Waals surface area contributed by atoms with Crippen LogP contribution in [0.25, 0.3) is 0 Å². The van der Waals surface area contributed by atoms with Gasteiger partial charge in [0, 0.05) is 30.4 Å². The Bertz CT molecular complexity index is 880. The molecule has 2 aliphatic rings. The average molecular weight is 457 g/mol. The molecule has 0 fully saturated rings. The number of Topliss-reactive ketones (excluding diaryl/α,β-unsaturated/α-hetero) is 1. The van der Waals surface area contributed by atoms with Gasteiger partial charge in [0.2, 0.25) is 0 Å². The zero-order valence-electron chi connectivity index (χ0n) is 21.5. The van der Waals surface area contributed by atoms with Crippen LogP contribution in [0.3, 0.4) is 0 Å². The average Bonchev–Trinajstić information content (AvgIpc) is 2.75. The predicted octanol–water partition coefficient (Wildman–Crippen LogP) is 6.82. The number of phenolic OH excluding ortho intramolecular Hbond substituents is 1. The van der Waals surface area contributed by atoms with Gasteiger partial charge >= 0.3 is 0 Å². The zero-order chi connectivity index (χ0) is 24.4. The molecule has 0 saturated carbocycles. The van der Waals surface area contributed by atoms with Crippen LogP contribution in [0.4, 0.5) is 0 Å². The number of ketones is 1. The quantitative estimate of drug-likeness (QED) is 0.379. The van der Waals surface area contributed by atoms with E-state index in [1.165, 1.54) is 25.7 Å². The van der Waals surface area contributed by atoms with Gasteiger partial charge in [0.25, 0.3) is 0 Å². The second kappa shape index (κ2) is 10.2. The summed E-state index contributed by atoms with van der Waals surface area (Å²) >= 11 is 0. The lowest BCUT2D eigenvalue weighted by Crippen LogP contribution is -2.46. The molecule has 2 N–H and O–H groups in total. The van der Waals surface area contributed by atoms with Crippen LogP contribution in [0, 0.1) is 11.8 Å². The van der Waals surface area contributed by atoms with Gasteiger partial charge in [-0.1, -0.05) is 59.5 Å². The fourth-order valence-corrected chi connectivity index (χ4v) is 5.66. The molecule has 1 aliphatic carbocycles. The maximum Gasteiger partial charge on any atom is 0.158 e. The first kappa shape index (κ1) is 25.8. The van der Waals surface area contributed by atoms with Gasteiger partial charge in [-0.2, -0.15) is 0 Å². The number of phenols is 1. The van der Waals surface area contributed by atoms with E-state index in [2.05, 4.69) is 46.8 Å². The number of hydrogen-bond acceptors (Lipinski definition) is 4. The number of allylic oxidation sites excluding steroid dienone is 2. The van der Waals surface area contributed by atoms with Crippen LogP contribution < -0.4 is 4.74 Å². The summed E-state index contributed by atoms with van der Waals surface area (Å²) in [5.41, 5.74) is 2.39. The Hall–Kier alpha value is -1.81. The highest BCUT2D eigenvalue weighted by Crippen LogP contribution is 2.55. The standard InChI is InChI=1S/C29H44O4/c1-7-8-9-10-13-28(3,4)21-16-25(32)27-22-15-20(24(31)14-19(2)18-30)11-12-23(22)29(5,6)33-26(27)17-21/h11,16-17,19,22-23,30,32H,7-10,12-15,18H2,1-6H3/t19-,22-,23-/m1/s1. The molecule has 0 bridgehead atoms. The van der Waals surface area contributed by atoms with Crippen LogP contribution in [-0.2, 0) is 10.2 Å². The van der Waals surface area contributed by atoms with Crippen molar-refractivity contribution in [1.82, 2.24) is 0 Å². The van der Waals surface area contributed by atoms with E-state index in [4.69, 9.17) is 4.74 Å². The summed E-state index contributed by atoms with van der Waals surface area (Å²) in [5, 5.41) is 20.6. The first-order valence-electron chi connectivity index (χ1n) is 12.9. The van der Waals surface area contributed by atoms with Crippen molar-refractivity contribution in [2.75, 3.05) is 6.61 Å². The van der Waals surface area contributed by atoms with Crippen molar-refractivity contribution < 1.29 is 19.7 Å². The third kappa shape index (κ3) is 5.65. The van der Waals surface area contributed by atoms with Gasteiger partial charge < -0.3 is 14.9 Å². The molecular weight excluding hydrogens is 412 g/mol. The van der Waals surface area contributed by atoms with Gasteiger partial charge in [-0.15, -0.1) is 0 Å². The number of aliphatic hydroxyl groups is 1. The maximum absolute atomic E-state index is 12.9. The Kier molecular flexibility index (Phi) is 7.99. The van der Waals surface area contributed by atoms with E-state index in [-0.39, 0.29) is 41.2 Å². The third-order valence-corrected chi connectivity index (χ3v) is 7.94. The van der Waals surface area contributed by atoms with E-state index in [9.17, 15) is 15.0 Å². The lowest BCUT2D eigenvalue weighted by Gasteiger charge is -2.47. The zero-order valence-corrected chi connectivity index (χ0v) is 21.5. The van der Waals surface area contributed by atoms with Crippen LogP contribution in [0.2, 0.25) is 0 Å². The predicted molar refractivity (Wildman–Crippen MR) is 134 cm³/mol. The van der Waals surface area contributed by atoms with Crippen LogP contribution in [0.5, 0.6) is 11.5 Å². The van der Waals surface area contributed by atoms with Gasteiger partial charge in [-0.3, -0.25) is 4.79 Å². The topological polar surface area (TPSA) is 66.8 Å². The summed E-state index contributed by atoms with van der Waals surface area (Å²) in [7, 11) is 0. The Balaban J connectivity index is 1.90. The number of hydrogen-bond donors (Lipinski definition) is 2. The molecule has 33 heavy (non-hydrogen) atoms. The number of aromatic hydroxyl groups is 1. The molecule has 0 amide bonds. The molecular formula is C29H44O4. The molecule has 4 nitrogen and oxygen atoms in total. The molecule has 1 heterocycles. The fraction of sp³-hybridized carbons (Fsp3) is 0.690. The third-order valence-electron chi connectivity index (χ3n) is 7.94. The van der Waals surface area contributed by atoms with E-state index in [1.54, 1.807) is 0 Å². The molecule has 0 radical (unpaired) electrons. The van der Waals surface area contributed by atoms with Gasteiger partial charge in [0.05, 0.1) is 0 Å². The highest BCUT2D eigenvalue weighted by atomic mass is 16.5. The minimum absolute atomic E-state index is 0.0204. The van der Waals surface area contributed by atoms with E-state index < -0.39 is 0 Å². The number of fused-ring (bicyclic) bond motifs is 3. The molecule has 184 valence electrons. The van der Waals surface area contributed by atoms with Crippen molar-refractivity contribution in [3.8, 4) is 11.5 Å². The van der Waals surface area contributed by atoms with Crippen molar-refractivity contribution in [3.05, 3.63) is 34.9 Å². The molecule has 0 aromatic heterocycles. The number of carbonyl (C=O) groups is 1. The summed E-state index contributed by atoms with van der Waals surface area (Å²) in [6.07, 6.45) is 9.79. The summed E-state index contributed by atoms with van der Waals surface area (Å²) in [5.74, 6) is 1.41. The normalized spacial score (nSPS) is 22.6.